The third kappa shape index (κ3) is 6.39. The highest BCUT2D eigenvalue weighted by atomic mass is 32.2. The Morgan fingerprint density at radius 1 is 0.971 bits per heavy atom. The number of nitrogens with one attached hydrogen (secondary N) is 1. The predicted octanol–water partition coefficient (Wildman–Crippen LogP) is 3.25. The van der Waals surface area contributed by atoms with E-state index in [0.717, 1.165) is 17.0 Å². The fourth-order valence-corrected chi connectivity index (χ4v) is 5.15. The molecule has 1 amide bonds. The van der Waals surface area contributed by atoms with Crippen LogP contribution in [0.4, 0.5) is 5.69 Å². The summed E-state index contributed by atoms with van der Waals surface area (Å²) < 4.78 is 38.2. The zero-order chi connectivity index (χ0) is 24.7. The molecule has 1 aliphatic heterocycles. The molecule has 3 aromatic carbocycles. The zero-order valence-electron chi connectivity index (χ0n) is 19.6. The first-order valence-corrected chi connectivity index (χ1v) is 12.8. The number of hydrogen-bond acceptors (Lipinski definition) is 6. The van der Waals surface area contributed by atoms with E-state index in [1.54, 1.807) is 24.3 Å². The maximum Gasteiger partial charge on any atom is 0.243 e. The van der Waals surface area contributed by atoms with Crippen molar-refractivity contribution in [3.8, 4) is 11.5 Å². The number of rotatable bonds is 9. The number of morpholine rings is 1. The number of carbonyl (C=O) groups excluding carboxylic acids is 1. The van der Waals surface area contributed by atoms with E-state index in [4.69, 9.17) is 9.47 Å². The highest BCUT2D eigenvalue weighted by Gasteiger charge is 2.26. The SMILES string of the molecule is CN(CC(=O)NCc1ccc(S(=O)(=O)N2CCOCC2)cc1)c1ccccc1Oc1ccccc1. The van der Waals surface area contributed by atoms with Gasteiger partial charge in [-0.15, -0.1) is 0 Å². The van der Waals surface area contributed by atoms with Gasteiger partial charge in [0.15, 0.2) is 5.75 Å². The molecule has 4 rings (SSSR count). The Bertz CT molecular complexity index is 1230. The maximum absolute atomic E-state index is 12.7. The van der Waals surface area contributed by atoms with Crippen LogP contribution in [0, 0.1) is 0 Å². The van der Waals surface area contributed by atoms with Gasteiger partial charge in [-0.05, 0) is 42.0 Å². The molecule has 9 heteroatoms. The molecule has 1 saturated heterocycles. The average Bonchev–Trinajstić information content (AvgIpc) is 2.89. The Kier molecular flexibility index (Phi) is 8.02. The number of anilines is 1. The van der Waals surface area contributed by atoms with Gasteiger partial charge in [0.25, 0.3) is 0 Å². The van der Waals surface area contributed by atoms with Crippen LogP contribution in [0.1, 0.15) is 5.56 Å². The molecule has 0 radical (unpaired) electrons. The number of benzene rings is 3. The molecular formula is C26H29N3O5S. The number of hydrogen-bond donors (Lipinski definition) is 1. The third-order valence-electron chi connectivity index (χ3n) is 5.65. The van der Waals surface area contributed by atoms with Gasteiger partial charge in [0.2, 0.25) is 15.9 Å². The molecule has 0 saturated carbocycles. The Morgan fingerprint density at radius 3 is 2.34 bits per heavy atom. The van der Waals surface area contributed by atoms with Crippen LogP contribution in [-0.4, -0.2) is 58.5 Å². The average molecular weight is 496 g/mol. The molecule has 1 aliphatic rings. The molecule has 0 atom stereocenters. The van der Waals surface area contributed by atoms with E-state index in [2.05, 4.69) is 5.32 Å². The van der Waals surface area contributed by atoms with E-state index in [9.17, 15) is 13.2 Å². The van der Waals surface area contributed by atoms with Crippen molar-refractivity contribution >= 4 is 21.6 Å². The van der Waals surface area contributed by atoms with E-state index in [1.165, 1.54) is 4.31 Å². The van der Waals surface area contributed by atoms with Crippen molar-refractivity contribution in [2.24, 2.45) is 0 Å². The summed E-state index contributed by atoms with van der Waals surface area (Å²) in [5, 5.41) is 2.89. The van der Waals surface area contributed by atoms with Crippen LogP contribution >= 0.6 is 0 Å². The van der Waals surface area contributed by atoms with Crippen LogP contribution in [0.2, 0.25) is 0 Å². The smallest absolute Gasteiger partial charge is 0.243 e. The fraction of sp³-hybridized carbons (Fsp3) is 0.269. The van der Waals surface area contributed by atoms with E-state index < -0.39 is 10.0 Å². The zero-order valence-corrected chi connectivity index (χ0v) is 20.4. The van der Waals surface area contributed by atoms with Gasteiger partial charge < -0.3 is 19.7 Å². The van der Waals surface area contributed by atoms with Crippen molar-refractivity contribution in [2.75, 3.05) is 44.8 Å². The van der Waals surface area contributed by atoms with Crippen molar-refractivity contribution in [1.82, 2.24) is 9.62 Å². The first-order valence-electron chi connectivity index (χ1n) is 11.4. The topological polar surface area (TPSA) is 88.2 Å². The first kappa shape index (κ1) is 24.7. The Hall–Kier alpha value is -3.40. The van der Waals surface area contributed by atoms with Crippen molar-refractivity contribution in [2.45, 2.75) is 11.4 Å². The molecule has 184 valence electrons. The number of carbonyl (C=O) groups is 1. The van der Waals surface area contributed by atoms with Crippen LogP contribution in [0.3, 0.4) is 0 Å². The largest absolute Gasteiger partial charge is 0.455 e. The summed E-state index contributed by atoms with van der Waals surface area (Å²) in [4.78, 5) is 14.7. The lowest BCUT2D eigenvalue weighted by Crippen LogP contribution is -2.40. The monoisotopic (exact) mass is 495 g/mol. The van der Waals surface area contributed by atoms with Crippen molar-refractivity contribution in [1.29, 1.82) is 0 Å². The van der Waals surface area contributed by atoms with Crippen LogP contribution in [0.25, 0.3) is 0 Å². The standard InChI is InChI=1S/C26H29N3O5S/c1-28(24-9-5-6-10-25(24)34-22-7-3-2-4-8-22)20-26(30)27-19-21-11-13-23(14-12-21)35(31,32)29-15-17-33-18-16-29/h2-14H,15-20H2,1H3,(H,27,30). The summed E-state index contributed by atoms with van der Waals surface area (Å²) in [6.45, 7) is 1.95. The van der Waals surface area contributed by atoms with Crippen molar-refractivity contribution in [3.63, 3.8) is 0 Å². The second-order valence-corrected chi connectivity index (χ2v) is 10.1. The lowest BCUT2D eigenvalue weighted by Gasteiger charge is -2.26. The number of nitrogens with zero attached hydrogens (tertiary/aromatic N) is 2. The molecule has 1 fully saturated rings. The molecule has 0 aliphatic carbocycles. The molecule has 0 spiro atoms. The molecular weight excluding hydrogens is 466 g/mol. The van der Waals surface area contributed by atoms with Crippen molar-refractivity contribution in [3.05, 3.63) is 84.4 Å². The second-order valence-electron chi connectivity index (χ2n) is 8.18. The molecule has 0 unspecified atom stereocenters. The minimum absolute atomic E-state index is 0.138. The van der Waals surface area contributed by atoms with Gasteiger partial charge in [-0.2, -0.15) is 4.31 Å². The van der Waals surface area contributed by atoms with Crippen molar-refractivity contribution < 1.29 is 22.7 Å². The number of ether oxygens (including phenoxy) is 2. The predicted molar refractivity (Wildman–Crippen MR) is 134 cm³/mol. The summed E-state index contributed by atoms with van der Waals surface area (Å²) in [6, 6.07) is 23.6. The summed E-state index contributed by atoms with van der Waals surface area (Å²) in [6.07, 6.45) is 0. The molecule has 8 nitrogen and oxygen atoms in total. The van der Waals surface area contributed by atoms with Gasteiger partial charge in [0, 0.05) is 26.7 Å². The molecule has 1 N–H and O–H groups in total. The Labute approximate surface area is 206 Å². The van der Waals surface area contributed by atoms with Gasteiger partial charge >= 0.3 is 0 Å². The van der Waals surface area contributed by atoms with E-state index in [0.29, 0.717) is 38.6 Å². The number of likely N-dealkylation sites (N-methyl/N-ethyl adjacent to an activating group) is 1. The maximum atomic E-state index is 12.7. The molecule has 0 aromatic heterocycles. The van der Waals surface area contributed by atoms with Gasteiger partial charge in [-0.1, -0.05) is 42.5 Å². The number of para-hydroxylation sites is 3. The van der Waals surface area contributed by atoms with Gasteiger partial charge in [-0.25, -0.2) is 8.42 Å². The molecule has 35 heavy (non-hydrogen) atoms. The Balaban J connectivity index is 1.32. The lowest BCUT2D eigenvalue weighted by molar-refractivity contribution is -0.119. The molecule has 0 bridgehead atoms. The van der Waals surface area contributed by atoms with Gasteiger partial charge in [-0.3, -0.25) is 4.79 Å². The second kappa shape index (κ2) is 11.4. The summed E-state index contributed by atoms with van der Waals surface area (Å²) in [5.41, 5.74) is 1.61. The van der Waals surface area contributed by atoms with Crippen LogP contribution in [0.5, 0.6) is 11.5 Å². The molecule has 1 heterocycles. The minimum Gasteiger partial charge on any atom is -0.455 e. The number of sulfonamides is 1. The van der Waals surface area contributed by atoms with Crippen LogP contribution < -0.4 is 15.0 Å². The Morgan fingerprint density at radius 2 is 1.63 bits per heavy atom. The quantitative estimate of drug-likeness (QED) is 0.490. The lowest BCUT2D eigenvalue weighted by atomic mass is 10.2. The highest BCUT2D eigenvalue weighted by molar-refractivity contribution is 7.89. The summed E-state index contributed by atoms with van der Waals surface area (Å²) in [5.74, 6) is 1.22. The summed E-state index contributed by atoms with van der Waals surface area (Å²) in [7, 11) is -1.70. The van der Waals surface area contributed by atoms with E-state index >= 15 is 0 Å². The number of amides is 1. The van der Waals surface area contributed by atoms with Gasteiger partial charge in [0.05, 0.1) is 30.3 Å². The van der Waals surface area contributed by atoms with E-state index in [1.807, 2.05) is 66.5 Å². The summed E-state index contributed by atoms with van der Waals surface area (Å²) >= 11 is 0. The van der Waals surface area contributed by atoms with Crippen LogP contribution in [-0.2, 0) is 26.1 Å². The molecule has 3 aromatic rings. The fourth-order valence-electron chi connectivity index (χ4n) is 3.75. The minimum atomic E-state index is -3.54. The van der Waals surface area contributed by atoms with Gasteiger partial charge in [0.1, 0.15) is 5.75 Å². The van der Waals surface area contributed by atoms with Crippen LogP contribution in [0.15, 0.2) is 83.8 Å². The first-order chi connectivity index (χ1) is 16.9. The highest BCUT2D eigenvalue weighted by Crippen LogP contribution is 2.31. The normalized spacial score (nSPS) is 14.3. The third-order valence-corrected chi connectivity index (χ3v) is 7.56. The van der Waals surface area contributed by atoms with E-state index in [-0.39, 0.29) is 17.3 Å².